The first-order valence-electron chi connectivity index (χ1n) is 10.6. The molecule has 2 aromatic carbocycles. The van der Waals surface area contributed by atoms with Crippen LogP contribution >= 0.6 is 22.9 Å². The monoisotopic (exact) mass is 488 g/mol. The van der Waals surface area contributed by atoms with E-state index in [0.717, 1.165) is 27.5 Å². The topological polar surface area (TPSA) is 77.6 Å². The first-order chi connectivity index (χ1) is 16.5. The van der Waals surface area contributed by atoms with Crippen molar-refractivity contribution in [2.45, 2.75) is 13.5 Å². The van der Waals surface area contributed by atoms with E-state index in [-0.39, 0.29) is 5.91 Å². The summed E-state index contributed by atoms with van der Waals surface area (Å²) in [5.74, 6) is 0.434. The van der Waals surface area contributed by atoms with E-state index in [1.165, 1.54) is 11.3 Å². The number of hydrogen-bond acceptors (Lipinski definition) is 5. The zero-order chi connectivity index (χ0) is 23.7. The van der Waals surface area contributed by atoms with Crippen LogP contribution in [-0.4, -0.2) is 30.2 Å². The van der Waals surface area contributed by atoms with Gasteiger partial charge in [0, 0.05) is 25.0 Å². The van der Waals surface area contributed by atoms with Crippen molar-refractivity contribution in [3.8, 4) is 22.0 Å². The van der Waals surface area contributed by atoms with Gasteiger partial charge >= 0.3 is 0 Å². The minimum Gasteiger partial charge on any atom is -0.333 e. The first-order valence-corrected chi connectivity index (χ1v) is 11.8. The Labute approximate surface area is 205 Å². The Bertz CT molecular complexity index is 1460. The molecule has 0 unspecified atom stereocenters. The van der Waals surface area contributed by atoms with E-state index in [1.54, 1.807) is 17.8 Å². The van der Waals surface area contributed by atoms with Crippen LogP contribution in [0.4, 0.5) is 5.13 Å². The Morgan fingerprint density at radius 3 is 2.47 bits per heavy atom. The zero-order valence-corrected chi connectivity index (χ0v) is 20.1. The first kappa shape index (κ1) is 22.1. The summed E-state index contributed by atoms with van der Waals surface area (Å²) in [4.78, 5) is 23.3. The Morgan fingerprint density at radius 1 is 1.09 bits per heavy atom. The van der Waals surface area contributed by atoms with E-state index < -0.39 is 0 Å². The highest BCUT2D eigenvalue weighted by molar-refractivity contribution is 7.19. The average molecular weight is 489 g/mol. The highest BCUT2D eigenvalue weighted by atomic mass is 35.5. The van der Waals surface area contributed by atoms with E-state index in [9.17, 15) is 4.79 Å². The number of thiazole rings is 1. The summed E-state index contributed by atoms with van der Waals surface area (Å²) < 4.78 is 3.57. The van der Waals surface area contributed by atoms with Gasteiger partial charge in [-0.05, 0) is 12.5 Å². The Morgan fingerprint density at radius 2 is 1.79 bits per heavy atom. The van der Waals surface area contributed by atoms with Gasteiger partial charge in [-0.25, -0.2) is 14.6 Å². The summed E-state index contributed by atoms with van der Waals surface area (Å²) in [5, 5.41) is 8.17. The molecule has 0 atom stereocenters. The fraction of sp³-hybridized carbons (Fsp3) is 0.120. The van der Waals surface area contributed by atoms with Crippen LogP contribution in [0.1, 0.15) is 21.6 Å². The Hall–Kier alpha value is -3.75. The van der Waals surface area contributed by atoms with Gasteiger partial charge in [-0.3, -0.25) is 10.1 Å². The number of carbonyl (C=O) groups is 1. The molecule has 7 nitrogen and oxygen atoms in total. The molecule has 1 N–H and O–H groups in total. The van der Waals surface area contributed by atoms with Crippen molar-refractivity contribution in [1.82, 2.24) is 24.3 Å². The van der Waals surface area contributed by atoms with Crippen molar-refractivity contribution >= 4 is 34.0 Å². The molecule has 5 aromatic rings. The number of nitrogens with one attached hydrogen (secondary N) is 1. The van der Waals surface area contributed by atoms with Gasteiger partial charge in [-0.15, -0.1) is 0 Å². The third-order valence-corrected chi connectivity index (χ3v) is 6.74. The fourth-order valence-corrected chi connectivity index (χ4v) is 5.08. The van der Waals surface area contributed by atoms with E-state index in [0.29, 0.717) is 28.1 Å². The smallest absolute Gasteiger partial charge is 0.262 e. The highest BCUT2D eigenvalue weighted by Crippen LogP contribution is 2.38. The van der Waals surface area contributed by atoms with Crippen LogP contribution in [0.15, 0.2) is 73.1 Å². The van der Waals surface area contributed by atoms with Gasteiger partial charge < -0.3 is 4.57 Å². The highest BCUT2D eigenvalue weighted by Gasteiger charge is 2.24. The lowest BCUT2D eigenvalue weighted by Gasteiger charge is -2.04. The number of halogens is 1. The van der Waals surface area contributed by atoms with E-state index >= 15 is 0 Å². The number of imidazole rings is 1. The molecule has 5 rings (SSSR count). The quantitative estimate of drug-likeness (QED) is 0.334. The third-order valence-electron chi connectivity index (χ3n) is 5.39. The minimum absolute atomic E-state index is 0.294. The summed E-state index contributed by atoms with van der Waals surface area (Å²) in [6, 6.07) is 19.7. The molecule has 0 aliphatic carbocycles. The number of aryl methyl sites for hydroxylation is 2. The normalized spacial score (nSPS) is 11.0. The van der Waals surface area contributed by atoms with Crippen molar-refractivity contribution in [2.24, 2.45) is 7.05 Å². The molecule has 9 heteroatoms. The minimum atomic E-state index is -0.346. The van der Waals surface area contributed by atoms with Crippen LogP contribution < -0.4 is 5.32 Å². The zero-order valence-electron chi connectivity index (χ0n) is 18.6. The maximum absolute atomic E-state index is 13.2. The molecule has 34 heavy (non-hydrogen) atoms. The lowest BCUT2D eigenvalue weighted by molar-refractivity contribution is 0.102. The molecule has 0 fully saturated rings. The van der Waals surface area contributed by atoms with Crippen molar-refractivity contribution < 1.29 is 4.79 Å². The van der Waals surface area contributed by atoms with Crippen molar-refractivity contribution in [3.05, 3.63) is 95.0 Å². The number of anilines is 1. The van der Waals surface area contributed by atoms with Crippen LogP contribution in [0, 0.1) is 6.92 Å². The lowest BCUT2D eigenvalue weighted by Crippen LogP contribution is -2.13. The molecule has 3 aromatic heterocycles. The summed E-state index contributed by atoms with van der Waals surface area (Å²) >= 11 is 7.96. The van der Waals surface area contributed by atoms with Crippen LogP contribution in [0.25, 0.3) is 22.0 Å². The van der Waals surface area contributed by atoms with E-state index in [2.05, 4.69) is 15.4 Å². The predicted molar refractivity (Wildman–Crippen MR) is 135 cm³/mol. The molecule has 0 saturated heterocycles. The van der Waals surface area contributed by atoms with Gasteiger partial charge in [0.15, 0.2) is 11.0 Å². The van der Waals surface area contributed by atoms with Gasteiger partial charge in [0.05, 0.1) is 28.4 Å². The van der Waals surface area contributed by atoms with Crippen molar-refractivity contribution in [1.29, 1.82) is 0 Å². The number of carbonyl (C=O) groups excluding carboxylic acids is 1. The van der Waals surface area contributed by atoms with Crippen molar-refractivity contribution in [2.75, 3.05) is 5.32 Å². The fourth-order valence-electron chi connectivity index (χ4n) is 3.73. The number of amides is 1. The summed E-state index contributed by atoms with van der Waals surface area (Å²) in [6.07, 6.45) is 3.62. The molecule has 0 radical (unpaired) electrons. The van der Waals surface area contributed by atoms with Crippen LogP contribution in [0.2, 0.25) is 5.15 Å². The van der Waals surface area contributed by atoms with Crippen LogP contribution in [0.3, 0.4) is 0 Å². The number of benzene rings is 2. The standard InChI is InChI=1S/C25H21ClN6OS/c1-16-19(22(26)32(30-16)15-17-9-5-3-6-10-17)24(33)29-25-28-20(18-11-7-4-8-12-18)21(34-25)23-27-13-14-31(23)2/h3-14H,15H2,1-2H3,(H,28,29,33). The average Bonchev–Trinajstić information content (AvgIpc) is 3.52. The molecule has 0 aliphatic heterocycles. The van der Waals surface area contributed by atoms with Gasteiger partial charge in [0.1, 0.15) is 5.15 Å². The largest absolute Gasteiger partial charge is 0.333 e. The van der Waals surface area contributed by atoms with Gasteiger partial charge in [-0.1, -0.05) is 83.6 Å². The van der Waals surface area contributed by atoms with Gasteiger partial charge in [0.25, 0.3) is 5.91 Å². The SMILES string of the molecule is Cc1nn(Cc2ccccc2)c(Cl)c1C(=O)Nc1nc(-c2ccccc2)c(-c2nccn2C)s1. The molecule has 0 spiro atoms. The summed E-state index contributed by atoms with van der Waals surface area (Å²) in [6.45, 7) is 2.26. The van der Waals surface area contributed by atoms with Crippen LogP contribution in [-0.2, 0) is 13.6 Å². The number of rotatable bonds is 6. The predicted octanol–water partition coefficient (Wildman–Crippen LogP) is 5.67. The molecule has 0 bridgehead atoms. The molecule has 1 amide bonds. The molecule has 0 saturated carbocycles. The molecular weight excluding hydrogens is 468 g/mol. The molecule has 0 aliphatic rings. The second-order valence-corrected chi connectivity index (χ2v) is 9.13. The van der Waals surface area contributed by atoms with Crippen molar-refractivity contribution in [3.63, 3.8) is 0 Å². The summed E-state index contributed by atoms with van der Waals surface area (Å²) in [7, 11) is 1.93. The number of aromatic nitrogens is 5. The van der Waals surface area contributed by atoms with E-state index in [1.807, 2.05) is 78.5 Å². The van der Waals surface area contributed by atoms with E-state index in [4.69, 9.17) is 16.6 Å². The third kappa shape index (κ3) is 4.25. The van der Waals surface area contributed by atoms with Gasteiger partial charge in [-0.2, -0.15) is 5.10 Å². The Balaban J connectivity index is 1.47. The van der Waals surface area contributed by atoms with Crippen LogP contribution in [0.5, 0.6) is 0 Å². The maximum Gasteiger partial charge on any atom is 0.262 e. The number of hydrogen-bond donors (Lipinski definition) is 1. The lowest BCUT2D eigenvalue weighted by atomic mass is 10.1. The Kier molecular flexibility index (Phi) is 6.00. The maximum atomic E-state index is 13.2. The number of nitrogens with zero attached hydrogens (tertiary/aromatic N) is 5. The molecule has 3 heterocycles. The second-order valence-electron chi connectivity index (χ2n) is 7.77. The molecule has 170 valence electrons. The summed E-state index contributed by atoms with van der Waals surface area (Å²) in [5.41, 5.74) is 3.65. The van der Waals surface area contributed by atoms with Gasteiger partial charge in [0.2, 0.25) is 0 Å². The second kappa shape index (κ2) is 9.24. The molecular formula is C25H21ClN6OS.